The largest absolute Gasteiger partial charge is 0.342 e. The van der Waals surface area contributed by atoms with E-state index in [1.165, 1.54) is 12.8 Å². The number of amides is 2. The standard InChI is InChI=1S/C19H36N4O2.2ClH/c1-3-19(4-2,16-20)18(25)23-13-11-21(12-14-23)15-17(24)22-9-7-5-6-8-10-22;;/h3-16,20H2,1-2H3;2*1H. The zero-order valence-electron chi connectivity index (χ0n) is 17.0. The first kappa shape index (κ1) is 26.4. The van der Waals surface area contributed by atoms with Crippen molar-refractivity contribution in [1.29, 1.82) is 0 Å². The summed E-state index contributed by atoms with van der Waals surface area (Å²) in [6, 6.07) is 0. The summed E-state index contributed by atoms with van der Waals surface area (Å²) >= 11 is 0. The minimum Gasteiger partial charge on any atom is -0.342 e. The van der Waals surface area contributed by atoms with E-state index in [4.69, 9.17) is 5.73 Å². The van der Waals surface area contributed by atoms with Gasteiger partial charge in [-0.25, -0.2) is 0 Å². The number of nitrogens with two attached hydrogens (primary N) is 1. The molecule has 2 saturated heterocycles. The zero-order valence-corrected chi connectivity index (χ0v) is 18.6. The third-order valence-corrected chi connectivity index (χ3v) is 6.18. The minimum atomic E-state index is -0.413. The molecule has 8 heteroatoms. The second-order valence-electron chi connectivity index (χ2n) is 7.55. The van der Waals surface area contributed by atoms with E-state index in [0.29, 0.717) is 26.2 Å². The average molecular weight is 425 g/mol. The number of piperazine rings is 1. The van der Waals surface area contributed by atoms with Gasteiger partial charge < -0.3 is 15.5 Å². The fourth-order valence-corrected chi connectivity index (χ4v) is 3.98. The van der Waals surface area contributed by atoms with Gasteiger partial charge in [0, 0.05) is 45.8 Å². The molecule has 2 heterocycles. The molecule has 2 N–H and O–H groups in total. The molecule has 0 radical (unpaired) electrons. The Morgan fingerprint density at radius 3 is 1.78 bits per heavy atom. The van der Waals surface area contributed by atoms with Gasteiger partial charge in [-0.1, -0.05) is 26.7 Å². The lowest BCUT2D eigenvalue weighted by molar-refractivity contribution is -0.144. The average Bonchev–Trinajstić information content (AvgIpc) is 2.93. The first-order valence-electron chi connectivity index (χ1n) is 10.1. The smallest absolute Gasteiger partial charge is 0.236 e. The van der Waals surface area contributed by atoms with Gasteiger partial charge >= 0.3 is 0 Å². The van der Waals surface area contributed by atoms with Crippen LogP contribution in [0.1, 0.15) is 52.4 Å². The molecule has 0 aromatic carbocycles. The molecule has 2 rings (SSSR count). The van der Waals surface area contributed by atoms with Gasteiger partial charge in [-0.05, 0) is 25.7 Å². The molecular weight excluding hydrogens is 387 g/mol. The maximum Gasteiger partial charge on any atom is 0.236 e. The highest BCUT2D eigenvalue weighted by Crippen LogP contribution is 2.28. The second kappa shape index (κ2) is 12.8. The van der Waals surface area contributed by atoms with Crippen molar-refractivity contribution in [3.05, 3.63) is 0 Å². The SMILES string of the molecule is CCC(CC)(CN)C(=O)N1CCN(CC(=O)N2CCCCCC2)CC1.Cl.Cl. The molecular formula is C19H38Cl2N4O2. The summed E-state index contributed by atoms with van der Waals surface area (Å²) in [5.74, 6) is 0.443. The summed E-state index contributed by atoms with van der Waals surface area (Å²) in [7, 11) is 0. The molecule has 0 aromatic heterocycles. The summed E-state index contributed by atoms with van der Waals surface area (Å²) in [4.78, 5) is 31.6. The van der Waals surface area contributed by atoms with Crippen molar-refractivity contribution in [2.75, 3.05) is 52.4 Å². The molecule has 0 aliphatic carbocycles. The Morgan fingerprint density at radius 1 is 0.815 bits per heavy atom. The first-order chi connectivity index (χ1) is 12.1. The molecule has 0 aromatic rings. The van der Waals surface area contributed by atoms with E-state index in [2.05, 4.69) is 4.90 Å². The quantitative estimate of drug-likeness (QED) is 0.708. The number of carbonyl (C=O) groups is 2. The van der Waals surface area contributed by atoms with Gasteiger partial charge in [-0.15, -0.1) is 24.8 Å². The number of carbonyl (C=O) groups excluding carboxylic acids is 2. The third kappa shape index (κ3) is 6.77. The van der Waals surface area contributed by atoms with Gasteiger partial charge in [0.25, 0.3) is 0 Å². The second-order valence-corrected chi connectivity index (χ2v) is 7.55. The molecule has 6 nitrogen and oxygen atoms in total. The molecule has 0 unspecified atom stereocenters. The highest BCUT2D eigenvalue weighted by Gasteiger charge is 2.38. The van der Waals surface area contributed by atoms with Crippen molar-refractivity contribution >= 4 is 36.6 Å². The van der Waals surface area contributed by atoms with Crippen LogP contribution in [0.4, 0.5) is 0 Å². The van der Waals surface area contributed by atoms with Crippen LogP contribution in [0.3, 0.4) is 0 Å². The Balaban J connectivity index is 0.00000338. The predicted octanol–water partition coefficient (Wildman–Crippen LogP) is 2.14. The van der Waals surface area contributed by atoms with E-state index in [-0.39, 0.29) is 36.6 Å². The van der Waals surface area contributed by atoms with E-state index in [9.17, 15) is 9.59 Å². The minimum absolute atomic E-state index is 0. The lowest BCUT2D eigenvalue weighted by Crippen LogP contribution is -2.56. The lowest BCUT2D eigenvalue weighted by Gasteiger charge is -2.40. The molecule has 27 heavy (non-hydrogen) atoms. The lowest BCUT2D eigenvalue weighted by atomic mass is 9.81. The van der Waals surface area contributed by atoms with Gasteiger partial charge in [-0.3, -0.25) is 14.5 Å². The fourth-order valence-electron chi connectivity index (χ4n) is 3.98. The molecule has 160 valence electrons. The molecule has 2 fully saturated rings. The Hall–Kier alpha value is -0.560. The van der Waals surface area contributed by atoms with Gasteiger partial charge in [0.05, 0.1) is 12.0 Å². The van der Waals surface area contributed by atoms with Gasteiger partial charge in [0.2, 0.25) is 11.8 Å². The predicted molar refractivity (Wildman–Crippen MR) is 115 cm³/mol. The molecule has 0 bridgehead atoms. The summed E-state index contributed by atoms with van der Waals surface area (Å²) in [5, 5.41) is 0. The molecule has 2 aliphatic rings. The highest BCUT2D eigenvalue weighted by molar-refractivity contribution is 5.85. The summed E-state index contributed by atoms with van der Waals surface area (Å²) in [5.41, 5.74) is 5.50. The first-order valence-corrected chi connectivity index (χ1v) is 10.1. The zero-order chi connectivity index (χ0) is 18.3. The molecule has 0 saturated carbocycles. The van der Waals surface area contributed by atoms with Crippen molar-refractivity contribution in [3.63, 3.8) is 0 Å². The van der Waals surface area contributed by atoms with Crippen LogP contribution in [-0.2, 0) is 9.59 Å². The van der Waals surface area contributed by atoms with E-state index >= 15 is 0 Å². The summed E-state index contributed by atoms with van der Waals surface area (Å²) in [6.45, 7) is 9.76. The fraction of sp³-hybridized carbons (Fsp3) is 0.895. The molecule has 0 spiro atoms. The normalized spacial score (nSPS) is 18.9. The van der Waals surface area contributed by atoms with Crippen LogP contribution in [0.25, 0.3) is 0 Å². The molecule has 2 aliphatic heterocycles. The number of hydrogen-bond donors (Lipinski definition) is 1. The van der Waals surface area contributed by atoms with Crippen molar-refractivity contribution in [3.8, 4) is 0 Å². The van der Waals surface area contributed by atoms with Crippen LogP contribution >= 0.6 is 24.8 Å². The number of nitrogens with zero attached hydrogens (tertiary/aromatic N) is 3. The van der Waals surface area contributed by atoms with Crippen molar-refractivity contribution in [2.45, 2.75) is 52.4 Å². The summed E-state index contributed by atoms with van der Waals surface area (Å²) in [6.07, 6.45) is 6.30. The monoisotopic (exact) mass is 424 g/mol. The maximum atomic E-state index is 12.9. The van der Waals surface area contributed by atoms with Crippen molar-refractivity contribution < 1.29 is 9.59 Å². The van der Waals surface area contributed by atoms with E-state index < -0.39 is 5.41 Å². The van der Waals surface area contributed by atoms with E-state index in [1.807, 2.05) is 23.6 Å². The summed E-state index contributed by atoms with van der Waals surface area (Å²) < 4.78 is 0. The van der Waals surface area contributed by atoms with Crippen molar-refractivity contribution in [1.82, 2.24) is 14.7 Å². The molecule has 0 atom stereocenters. The van der Waals surface area contributed by atoms with Gasteiger partial charge in [0.15, 0.2) is 0 Å². The maximum absolute atomic E-state index is 12.9. The van der Waals surface area contributed by atoms with Crippen LogP contribution < -0.4 is 5.73 Å². The molecule has 2 amide bonds. The Kier molecular flexibility index (Phi) is 12.5. The van der Waals surface area contributed by atoms with E-state index in [0.717, 1.165) is 51.9 Å². The van der Waals surface area contributed by atoms with Gasteiger partial charge in [-0.2, -0.15) is 0 Å². The Bertz CT molecular complexity index is 437. The Morgan fingerprint density at radius 2 is 1.33 bits per heavy atom. The van der Waals surface area contributed by atoms with Gasteiger partial charge in [0.1, 0.15) is 0 Å². The van der Waals surface area contributed by atoms with Crippen molar-refractivity contribution in [2.24, 2.45) is 11.1 Å². The van der Waals surface area contributed by atoms with Crippen LogP contribution in [0.2, 0.25) is 0 Å². The van der Waals surface area contributed by atoms with Crippen LogP contribution in [0.15, 0.2) is 0 Å². The van der Waals surface area contributed by atoms with Crippen LogP contribution in [-0.4, -0.2) is 78.9 Å². The number of likely N-dealkylation sites (tertiary alicyclic amines) is 1. The van der Waals surface area contributed by atoms with Crippen LogP contribution in [0, 0.1) is 5.41 Å². The topological polar surface area (TPSA) is 69.9 Å². The van der Waals surface area contributed by atoms with Crippen LogP contribution in [0.5, 0.6) is 0 Å². The number of hydrogen-bond acceptors (Lipinski definition) is 4. The Labute approximate surface area is 177 Å². The number of halogens is 2. The number of rotatable bonds is 6. The van der Waals surface area contributed by atoms with E-state index in [1.54, 1.807) is 0 Å². The third-order valence-electron chi connectivity index (χ3n) is 6.18. The highest BCUT2D eigenvalue weighted by atomic mass is 35.5.